The predicted molar refractivity (Wildman–Crippen MR) is 76.0 cm³/mol. The van der Waals surface area contributed by atoms with Crippen LogP contribution >= 0.6 is 22.9 Å². The average molecular weight is 281 g/mol. The summed E-state index contributed by atoms with van der Waals surface area (Å²) < 4.78 is 0. The van der Waals surface area contributed by atoms with E-state index in [9.17, 15) is 4.79 Å². The predicted octanol–water partition coefficient (Wildman–Crippen LogP) is 3.26. The van der Waals surface area contributed by atoms with Crippen molar-refractivity contribution in [3.05, 3.63) is 51.2 Å². The molecule has 0 saturated heterocycles. The minimum Gasteiger partial charge on any atom is -0.399 e. The van der Waals surface area contributed by atoms with Gasteiger partial charge in [0.15, 0.2) is 0 Å². The molecule has 0 unspecified atom stereocenters. The molecule has 0 radical (unpaired) electrons. The van der Waals surface area contributed by atoms with Crippen molar-refractivity contribution >= 4 is 34.5 Å². The number of anilines is 1. The summed E-state index contributed by atoms with van der Waals surface area (Å²) in [4.78, 5) is 13.9. The minimum absolute atomic E-state index is 0.126. The maximum absolute atomic E-state index is 12.2. The molecule has 94 valence electrons. The first kappa shape index (κ1) is 12.9. The summed E-state index contributed by atoms with van der Waals surface area (Å²) in [5, 5.41) is 4.43. The third-order valence-corrected chi connectivity index (χ3v) is 3.63. The third kappa shape index (κ3) is 2.83. The molecule has 0 fully saturated rings. The second kappa shape index (κ2) is 5.42. The van der Waals surface area contributed by atoms with Crippen LogP contribution < -0.4 is 5.73 Å². The molecule has 0 aliphatic rings. The van der Waals surface area contributed by atoms with Crippen LogP contribution in [0.15, 0.2) is 35.0 Å². The lowest BCUT2D eigenvalue weighted by molar-refractivity contribution is 0.0785. The molecule has 1 aromatic carbocycles. The van der Waals surface area contributed by atoms with Crippen LogP contribution in [-0.4, -0.2) is 17.9 Å². The molecule has 1 aromatic heterocycles. The number of hydrogen-bond acceptors (Lipinski definition) is 3. The molecular weight excluding hydrogens is 268 g/mol. The summed E-state index contributed by atoms with van der Waals surface area (Å²) in [6.07, 6.45) is 0. The van der Waals surface area contributed by atoms with Crippen molar-refractivity contribution < 1.29 is 4.79 Å². The summed E-state index contributed by atoms with van der Waals surface area (Å²) in [6.45, 7) is 0.563. The van der Waals surface area contributed by atoms with E-state index in [4.69, 9.17) is 17.3 Å². The van der Waals surface area contributed by atoms with Crippen molar-refractivity contribution in [1.82, 2.24) is 4.90 Å². The van der Waals surface area contributed by atoms with Crippen LogP contribution in [0.2, 0.25) is 5.02 Å². The summed E-state index contributed by atoms with van der Waals surface area (Å²) in [5.74, 6) is -0.126. The van der Waals surface area contributed by atoms with E-state index in [2.05, 4.69) is 0 Å². The molecule has 1 amide bonds. The Morgan fingerprint density at radius 3 is 2.89 bits per heavy atom. The van der Waals surface area contributed by atoms with Crippen LogP contribution in [0.4, 0.5) is 5.69 Å². The van der Waals surface area contributed by atoms with E-state index in [0.717, 1.165) is 5.56 Å². The number of halogens is 1. The van der Waals surface area contributed by atoms with Gasteiger partial charge in [-0.3, -0.25) is 4.79 Å². The van der Waals surface area contributed by atoms with Crippen LogP contribution in [-0.2, 0) is 6.54 Å². The molecule has 0 bridgehead atoms. The molecule has 0 spiro atoms. The Bertz CT molecular complexity index is 554. The molecule has 5 heteroatoms. The molecule has 2 N–H and O–H groups in total. The van der Waals surface area contributed by atoms with Crippen molar-refractivity contribution in [1.29, 1.82) is 0 Å². The number of nitrogens with two attached hydrogens (primary N) is 1. The number of thiophene rings is 1. The van der Waals surface area contributed by atoms with Gasteiger partial charge >= 0.3 is 0 Å². The van der Waals surface area contributed by atoms with Crippen LogP contribution in [0.1, 0.15) is 15.9 Å². The van der Waals surface area contributed by atoms with Crippen LogP contribution in [0, 0.1) is 0 Å². The van der Waals surface area contributed by atoms with Gasteiger partial charge in [0.2, 0.25) is 0 Å². The molecule has 18 heavy (non-hydrogen) atoms. The van der Waals surface area contributed by atoms with E-state index in [1.165, 1.54) is 0 Å². The van der Waals surface area contributed by atoms with Gasteiger partial charge in [-0.1, -0.05) is 11.6 Å². The van der Waals surface area contributed by atoms with Gasteiger partial charge in [-0.2, -0.15) is 11.3 Å². The number of benzene rings is 1. The minimum atomic E-state index is -0.126. The number of nitrogens with zero attached hydrogens (tertiary/aromatic N) is 1. The van der Waals surface area contributed by atoms with Gasteiger partial charge < -0.3 is 10.6 Å². The zero-order chi connectivity index (χ0) is 13.1. The van der Waals surface area contributed by atoms with E-state index in [-0.39, 0.29) is 5.91 Å². The lowest BCUT2D eigenvalue weighted by Crippen LogP contribution is -2.26. The molecule has 1 heterocycles. The normalized spacial score (nSPS) is 10.3. The smallest absolute Gasteiger partial charge is 0.255 e. The Labute approximate surface area is 115 Å². The Balaban J connectivity index is 2.17. The van der Waals surface area contributed by atoms with E-state index in [1.54, 1.807) is 41.5 Å². The first-order valence-corrected chi connectivity index (χ1v) is 6.71. The highest BCUT2D eigenvalue weighted by Crippen LogP contribution is 2.21. The van der Waals surface area contributed by atoms with Crippen molar-refractivity contribution in [3.8, 4) is 0 Å². The summed E-state index contributed by atoms with van der Waals surface area (Å²) in [7, 11) is 1.75. The van der Waals surface area contributed by atoms with Gasteiger partial charge in [0.05, 0.1) is 10.6 Å². The SMILES string of the molecule is CN(Cc1ccsc1)C(=O)c1cc(N)ccc1Cl. The van der Waals surface area contributed by atoms with Gasteiger partial charge in [0.1, 0.15) is 0 Å². The number of amides is 1. The Morgan fingerprint density at radius 2 is 2.22 bits per heavy atom. The maximum atomic E-state index is 12.2. The van der Waals surface area contributed by atoms with E-state index >= 15 is 0 Å². The largest absolute Gasteiger partial charge is 0.399 e. The lowest BCUT2D eigenvalue weighted by Gasteiger charge is -2.17. The van der Waals surface area contributed by atoms with Gasteiger partial charge in [0, 0.05) is 19.3 Å². The molecule has 0 saturated carbocycles. The quantitative estimate of drug-likeness (QED) is 0.877. The van der Waals surface area contributed by atoms with Gasteiger partial charge in [-0.15, -0.1) is 0 Å². The van der Waals surface area contributed by atoms with Crippen molar-refractivity contribution in [2.75, 3.05) is 12.8 Å². The van der Waals surface area contributed by atoms with Crippen LogP contribution in [0.5, 0.6) is 0 Å². The highest BCUT2D eigenvalue weighted by atomic mass is 35.5. The van der Waals surface area contributed by atoms with Crippen molar-refractivity contribution in [3.63, 3.8) is 0 Å². The first-order valence-electron chi connectivity index (χ1n) is 5.39. The second-order valence-corrected chi connectivity index (χ2v) is 5.22. The van der Waals surface area contributed by atoms with Gasteiger partial charge in [-0.05, 0) is 40.6 Å². The summed E-state index contributed by atoms with van der Waals surface area (Å²) >= 11 is 7.63. The highest BCUT2D eigenvalue weighted by Gasteiger charge is 2.15. The fourth-order valence-corrected chi connectivity index (χ4v) is 2.50. The number of rotatable bonds is 3. The zero-order valence-corrected chi connectivity index (χ0v) is 11.5. The zero-order valence-electron chi connectivity index (χ0n) is 9.89. The van der Waals surface area contributed by atoms with Gasteiger partial charge in [-0.25, -0.2) is 0 Å². The monoisotopic (exact) mass is 280 g/mol. The van der Waals surface area contributed by atoms with Crippen molar-refractivity contribution in [2.24, 2.45) is 0 Å². The number of carbonyl (C=O) groups is 1. The molecule has 2 rings (SSSR count). The molecule has 0 atom stereocenters. The molecule has 3 nitrogen and oxygen atoms in total. The van der Waals surface area contributed by atoms with Crippen LogP contribution in [0.3, 0.4) is 0 Å². The fraction of sp³-hybridized carbons (Fsp3) is 0.154. The average Bonchev–Trinajstić information content (AvgIpc) is 2.84. The first-order chi connectivity index (χ1) is 8.58. The summed E-state index contributed by atoms with van der Waals surface area (Å²) in [5.41, 5.74) is 7.75. The molecular formula is C13H13ClN2OS. The topological polar surface area (TPSA) is 46.3 Å². The van der Waals surface area contributed by atoms with Crippen LogP contribution in [0.25, 0.3) is 0 Å². The highest BCUT2D eigenvalue weighted by molar-refractivity contribution is 7.07. The molecule has 0 aliphatic carbocycles. The maximum Gasteiger partial charge on any atom is 0.255 e. The van der Waals surface area contributed by atoms with E-state index < -0.39 is 0 Å². The number of carbonyl (C=O) groups excluding carboxylic acids is 1. The Hall–Kier alpha value is -1.52. The third-order valence-electron chi connectivity index (χ3n) is 2.57. The molecule has 2 aromatic rings. The Kier molecular flexibility index (Phi) is 3.89. The molecule has 0 aliphatic heterocycles. The van der Waals surface area contributed by atoms with E-state index in [0.29, 0.717) is 22.8 Å². The van der Waals surface area contributed by atoms with Gasteiger partial charge in [0.25, 0.3) is 5.91 Å². The lowest BCUT2D eigenvalue weighted by atomic mass is 10.1. The fourth-order valence-electron chi connectivity index (χ4n) is 1.64. The summed E-state index contributed by atoms with van der Waals surface area (Å²) in [6, 6.07) is 6.92. The van der Waals surface area contributed by atoms with Crippen molar-refractivity contribution in [2.45, 2.75) is 6.54 Å². The standard InChI is InChI=1S/C13H13ClN2OS/c1-16(7-9-4-5-18-8-9)13(17)11-6-10(15)2-3-12(11)14/h2-6,8H,7,15H2,1H3. The number of hydrogen-bond donors (Lipinski definition) is 1. The Morgan fingerprint density at radius 1 is 1.44 bits per heavy atom. The van der Waals surface area contributed by atoms with E-state index in [1.807, 2.05) is 16.8 Å². The second-order valence-electron chi connectivity index (χ2n) is 4.03. The number of nitrogen functional groups attached to an aromatic ring is 1.